The second-order valence-electron chi connectivity index (χ2n) is 8.86. The smallest absolute Gasteiger partial charge is 0.250 e. The summed E-state index contributed by atoms with van der Waals surface area (Å²) in [6.07, 6.45) is 1.87. The maximum absolute atomic E-state index is 13.7. The van der Waals surface area contributed by atoms with Gasteiger partial charge in [-0.2, -0.15) is 0 Å². The average Bonchev–Trinajstić information content (AvgIpc) is 3.01. The van der Waals surface area contributed by atoms with Crippen LogP contribution in [0.5, 0.6) is 0 Å². The number of halogens is 1. The molecule has 0 saturated heterocycles. The van der Waals surface area contributed by atoms with E-state index in [-0.39, 0.29) is 5.82 Å². The van der Waals surface area contributed by atoms with Gasteiger partial charge in [-0.25, -0.2) is 14.4 Å². The Balaban J connectivity index is 1.64. The molecule has 0 bridgehead atoms. The molecule has 1 aliphatic rings. The molecule has 2 aromatic heterocycles. The lowest BCUT2D eigenvalue weighted by atomic mass is 10.1. The van der Waals surface area contributed by atoms with Crippen molar-refractivity contribution in [2.24, 2.45) is 5.73 Å². The van der Waals surface area contributed by atoms with Crippen molar-refractivity contribution in [2.45, 2.75) is 32.9 Å². The highest BCUT2D eigenvalue weighted by Crippen LogP contribution is 2.34. The number of benzene rings is 2. The Morgan fingerprint density at radius 1 is 1.24 bits per heavy atom. The van der Waals surface area contributed by atoms with E-state index in [2.05, 4.69) is 22.2 Å². The number of para-hydroxylation sites is 1. The molecule has 1 amide bonds. The standard InChI is InChI=1S/C26H27FN6O/c1-15-22(19-8-4-9-20(24(28)34)23(19)30-15)26-31-21-14-33(2)11-5-10-18(21)25(32-26)29-13-16-6-3-7-17(27)12-16/h3-4,6-9,12,30H,5,10-11,13-14H2,1-2H3,(H2,28,34)(H,29,31,32). The summed E-state index contributed by atoms with van der Waals surface area (Å²) < 4.78 is 13.7. The summed E-state index contributed by atoms with van der Waals surface area (Å²) in [5.74, 6) is 0.601. The van der Waals surface area contributed by atoms with Crippen LogP contribution in [0.25, 0.3) is 22.3 Å². The molecule has 174 valence electrons. The highest BCUT2D eigenvalue weighted by atomic mass is 19.1. The number of carbonyl (C=O) groups is 1. The van der Waals surface area contributed by atoms with Crippen LogP contribution in [-0.4, -0.2) is 39.4 Å². The van der Waals surface area contributed by atoms with Crippen LogP contribution in [0.15, 0.2) is 42.5 Å². The highest BCUT2D eigenvalue weighted by Gasteiger charge is 2.23. The van der Waals surface area contributed by atoms with E-state index in [4.69, 9.17) is 15.7 Å². The number of rotatable bonds is 5. The molecule has 2 aromatic carbocycles. The van der Waals surface area contributed by atoms with E-state index in [0.29, 0.717) is 30.0 Å². The molecule has 0 spiro atoms. The van der Waals surface area contributed by atoms with Gasteiger partial charge in [0.2, 0.25) is 0 Å². The van der Waals surface area contributed by atoms with E-state index < -0.39 is 5.91 Å². The fraction of sp³-hybridized carbons (Fsp3) is 0.269. The minimum Gasteiger partial charge on any atom is -0.366 e. The largest absolute Gasteiger partial charge is 0.366 e. The quantitative estimate of drug-likeness (QED) is 0.417. The zero-order valence-corrected chi connectivity index (χ0v) is 19.3. The van der Waals surface area contributed by atoms with Crippen molar-refractivity contribution < 1.29 is 9.18 Å². The van der Waals surface area contributed by atoms with Crippen molar-refractivity contribution >= 4 is 22.6 Å². The van der Waals surface area contributed by atoms with Crippen molar-refractivity contribution in [3.63, 3.8) is 0 Å². The Labute approximate surface area is 197 Å². The summed E-state index contributed by atoms with van der Waals surface area (Å²) in [6, 6.07) is 12.0. The molecule has 0 aliphatic carbocycles. The summed E-state index contributed by atoms with van der Waals surface area (Å²) >= 11 is 0. The fourth-order valence-corrected chi connectivity index (χ4v) is 4.72. The third-order valence-electron chi connectivity index (χ3n) is 6.34. The number of hydrogen-bond donors (Lipinski definition) is 3. The number of nitrogens with zero attached hydrogens (tertiary/aromatic N) is 3. The number of aromatic nitrogens is 3. The number of primary amides is 1. The maximum Gasteiger partial charge on any atom is 0.250 e. The summed E-state index contributed by atoms with van der Waals surface area (Å²) in [5, 5.41) is 4.29. The van der Waals surface area contributed by atoms with E-state index in [1.54, 1.807) is 12.1 Å². The van der Waals surface area contributed by atoms with Gasteiger partial charge >= 0.3 is 0 Å². The first kappa shape index (κ1) is 22.0. The third-order valence-corrected chi connectivity index (χ3v) is 6.34. The normalized spacial score (nSPS) is 14.1. The van der Waals surface area contributed by atoms with Crippen molar-refractivity contribution in [1.82, 2.24) is 19.9 Å². The van der Waals surface area contributed by atoms with Gasteiger partial charge in [0.1, 0.15) is 11.6 Å². The SMILES string of the molecule is Cc1[nH]c2c(C(N)=O)cccc2c1-c1nc2c(c(NCc3cccc(F)c3)n1)CCCN(C)C2. The lowest BCUT2D eigenvalue weighted by Crippen LogP contribution is -2.18. The summed E-state index contributed by atoms with van der Waals surface area (Å²) in [5.41, 5.74) is 11.4. The lowest BCUT2D eigenvalue weighted by molar-refractivity contribution is 0.100. The van der Waals surface area contributed by atoms with E-state index in [0.717, 1.165) is 58.7 Å². The minimum atomic E-state index is -0.486. The maximum atomic E-state index is 13.7. The zero-order chi connectivity index (χ0) is 23.8. The van der Waals surface area contributed by atoms with Gasteiger partial charge in [0.15, 0.2) is 5.82 Å². The Morgan fingerprint density at radius 2 is 2.06 bits per heavy atom. The molecule has 0 fully saturated rings. The fourth-order valence-electron chi connectivity index (χ4n) is 4.72. The molecule has 0 atom stereocenters. The number of fused-ring (bicyclic) bond motifs is 2. The predicted molar refractivity (Wildman–Crippen MR) is 131 cm³/mol. The molecule has 3 heterocycles. The Bertz CT molecular complexity index is 1400. The van der Waals surface area contributed by atoms with Crippen LogP contribution in [0.4, 0.5) is 10.2 Å². The summed E-state index contributed by atoms with van der Waals surface area (Å²) in [4.78, 5) is 27.5. The molecule has 7 nitrogen and oxygen atoms in total. The van der Waals surface area contributed by atoms with Crippen LogP contribution in [0, 0.1) is 12.7 Å². The van der Waals surface area contributed by atoms with Crippen LogP contribution >= 0.6 is 0 Å². The second kappa shape index (κ2) is 8.87. The number of aromatic amines is 1. The molecule has 5 rings (SSSR count). The number of carbonyl (C=O) groups excluding carboxylic acids is 1. The van der Waals surface area contributed by atoms with Gasteiger partial charge in [-0.05, 0) is 57.1 Å². The van der Waals surface area contributed by atoms with Gasteiger partial charge in [-0.1, -0.05) is 24.3 Å². The monoisotopic (exact) mass is 458 g/mol. The van der Waals surface area contributed by atoms with Crippen LogP contribution in [0.2, 0.25) is 0 Å². The Hall–Kier alpha value is -3.78. The molecule has 1 aliphatic heterocycles. The van der Waals surface area contributed by atoms with Gasteiger partial charge in [-0.15, -0.1) is 0 Å². The second-order valence-corrected chi connectivity index (χ2v) is 8.86. The van der Waals surface area contributed by atoms with E-state index >= 15 is 0 Å². The van der Waals surface area contributed by atoms with Gasteiger partial charge in [0, 0.05) is 35.3 Å². The lowest BCUT2D eigenvalue weighted by Gasteiger charge is -2.17. The Morgan fingerprint density at radius 3 is 2.85 bits per heavy atom. The first-order valence-electron chi connectivity index (χ1n) is 11.4. The topological polar surface area (TPSA) is 99.9 Å². The molecular formula is C26H27FN6O. The first-order valence-corrected chi connectivity index (χ1v) is 11.4. The van der Waals surface area contributed by atoms with Crippen molar-refractivity contribution in [3.8, 4) is 11.4 Å². The van der Waals surface area contributed by atoms with Crippen molar-refractivity contribution in [3.05, 3.63) is 76.4 Å². The molecule has 4 aromatic rings. The van der Waals surface area contributed by atoms with Crippen LogP contribution in [0.1, 0.15) is 39.3 Å². The third kappa shape index (κ3) is 4.12. The zero-order valence-electron chi connectivity index (χ0n) is 19.3. The van der Waals surface area contributed by atoms with Crippen LogP contribution in [0.3, 0.4) is 0 Å². The molecule has 4 N–H and O–H groups in total. The van der Waals surface area contributed by atoms with E-state index in [1.807, 2.05) is 25.1 Å². The first-order chi connectivity index (χ1) is 16.4. The number of nitrogens with two attached hydrogens (primary N) is 1. The molecule has 34 heavy (non-hydrogen) atoms. The Kier molecular flexibility index (Phi) is 5.75. The van der Waals surface area contributed by atoms with E-state index in [1.165, 1.54) is 12.1 Å². The minimum absolute atomic E-state index is 0.261. The van der Waals surface area contributed by atoms with Crippen molar-refractivity contribution in [2.75, 3.05) is 18.9 Å². The summed E-state index contributed by atoms with van der Waals surface area (Å²) in [6.45, 7) is 4.09. The number of amides is 1. The van der Waals surface area contributed by atoms with Gasteiger partial charge in [-0.3, -0.25) is 4.79 Å². The highest BCUT2D eigenvalue weighted by molar-refractivity contribution is 6.09. The molecule has 8 heteroatoms. The summed E-state index contributed by atoms with van der Waals surface area (Å²) in [7, 11) is 2.09. The molecule has 0 saturated carbocycles. The average molecular weight is 459 g/mol. The predicted octanol–water partition coefficient (Wildman–Crippen LogP) is 4.16. The van der Waals surface area contributed by atoms with Gasteiger partial charge in [0.25, 0.3) is 5.91 Å². The van der Waals surface area contributed by atoms with E-state index in [9.17, 15) is 9.18 Å². The van der Waals surface area contributed by atoms with Crippen LogP contribution in [-0.2, 0) is 19.5 Å². The van der Waals surface area contributed by atoms with Crippen molar-refractivity contribution in [1.29, 1.82) is 0 Å². The molecule has 0 unspecified atom stereocenters. The number of hydrogen-bond acceptors (Lipinski definition) is 5. The van der Waals surface area contributed by atoms with Gasteiger partial charge < -0.3 is 20.9 Å². The van der Waals surface area contributed by atoms with Crippen LogP contribution < -0.4 is 11.1 Å². The number of aryl methyl sites for hydroxylation is 1. The number of nitrogens with one attached hydrogen (secondary N) is 2. The van der Waals surface area contributed by atoms with Gasteiger partial charge in [0.05, 0.1) is 16.8 Å². The molecule has 0 radical (unpaired) electrons. The number of H-pyrrole nitrogens is 1. The number of anilines is 1. The molecular weight excluding hydrogens is 431 g/mol.